The van der Waals surface area contributed by atoms with Crippen LogP contribution in [0.15, 0.2) is 12.1 Å². The molecule has 0 fully saturated rings. The minimum atomic E-state index is -4.78. The van der Waals surface area contributed by atoms with Crippen molar-refractivity contribution in [1.29, 1.82) is 0 Å². The Morgan fingerprint density at radius 1 is 1.25 bits per heavy atom. The number of nitrogens with one attached hydrogen (secondary N) is 1. The molecule has 0 saturated heterocycles. The zero-order chi connectivity index (χ0) is 18.5. The van der Waals surface area contributed by atoms with Crippen molar-refractivity contribution in [3.8, 4) is 5.75 Å². The second-order valence-corrected chi connectivity index (χ2v) is 5.90. The summed E-state index contributed by atoms with van der Waals surface area (Å²) in [5.74, 6) is 0.0219. The molecule has 1 atom stereocenters. The van der Waals surface area contributed by atoms with Crippen molar-refractivity contribution in [2.45, 2.75) is 39.0 Å². The lowest BCUT2D eigenvalue weighted by Gasteiger charge is -2.31. The molecule has 24 heavy (non-hydrogen) atoms. The number of ether oxygens (including phenoxy) is 1. The quantitative estimate of drug-likeness (QED) is 0.754. The van der Waals surface area contributed by atoms with Crippen LogP contribution in [0.5, 0.6) is 5.75 Å². The summed E-state index contributed by atoms with van der Waals surface area (Å²) in [6.07, 6.45) is -5.26. The van der Waals surface area contributed by atoms with Gasteiger partial charge < -0.3 is 20.1 Å². The summed E-state index contributed by atoms with van der Waals surface area (Å²) in [5, 5.41) is 13.4. The lowest BCUT2D eigenvalue weighted by Crippen LogP contribution is -2.42. The van der Waals surface area contributed by atoms with Crippen LogP contribution in [0, 0.1) is 6.92 Å². The molecule has 138 valence electrons. The van der Waals surface area contributed by atoms with Gasteiger partial charge >= 0.3 is 6.18 Å². The number of halogens is 3. The molecule has 1 aromatic rings. The predicted molar refractivity (Wildman–Crippen MR) is 89.6 cm³/mol. The third-order valence-electron chi connectivity index (χ3n) is 4.32. The molecule has 0 aromatic heterocycles. The summed E-state index contributed by atoms with van der Waals surface area (Å²) in [4.78, 5) is 2.12. The fourth-order valence-corrected chi connectivity index (χ4v) is 2.45. The minimum Gasteiger partial charge on any atom is -0.496 e. The number of aliphatic hydroxyl groups is 1. The van der Waals surface area contributed by atoms with Crippen molar-refractivity contribution in [3.63, 3.8) is 0 Å². The summed E-state index contributed by atoms with van der Waals surface area (Å²) in [6, 6.07) is 2.87. The van der Waals surface area contributed by atoms with Gasteiger partial charge in [0.1, 0.15) is 5.75 Å². The third kappa shape index (κ3) is 4.33. The molecular formula is C17H27F3N2O2. The lowest BCUT2D eigenvalue weighted by molar-refractivity contribution is -0.268. The second-order valence-electron chi connectivity index (χ2n) is 5.90. The van der Waals surface area contributed by atoms with Crippen molar-refractivity contribution in [2.24, 2.45) is 0 Å². The van der Waals surface area contributed by atoms with Crippen LogP contribution in [-0.2, 0) is 5.60 Å². The highest BCUT2D eigenvalue weighted by Crippen LogP contribution is 2.46. The largest absolute Gasteiger partial charge is 0.496 e. The normalized spacial score (nSPS) is 14.6. The molecule has 0 bridgehead atoms. The van der Waals surface area contributed by atoms with E-state index in [9.17, 15) is 18.3 Å². The molecular weight excluding hydrogens is 321 g/mol. The molecule has 1 unspecified atom stereocenters. The molecule has 0 aliphatic rings. The molecule has 7 heteroatoms. The average Bonchev–Trinajstić information content (AvgIpc) is 2.53. The van der Waals surface area contributed by atoms with Crippen molar-refractivity contribution < 1.29 is 23.0 Å². The van der Waals surface area contributed by atoms with Crippen molar-refractivity contribution in [3.05, 3.63) is 23.3 Å². The Morgan fingerprint density at radius 3 is 2.33 bits per heavy atom. The Kier molecular flexibility index (Phi) is 6.92. The molecule has 0 aliphatic heterocycles. The number of methoxy groups -OCH3 is 1. The SMILES string of the molecule is CCN(C)CCNc1cc(OC)c(C(O)(CC)C(F)(F)F)cc1C. The summed E-state index contributed by atoms with van der Waals surface area (Å²) >= 11 is 0. The smallest absolute Gasteiger partial charge is 0.421 e. The van der Waals surface area contributed by atoms with Crippen LogP contribution in [0.25, 0.3) is 0 Å². The van der Waals surface area contributed by atoms with Gasteiger partial charge in [-0.3, -0.25) is 0 Å². The first-order valence-corrected chi connectivity index (χ1v) is 8.01. The number of rotatable bonds is 8. The van der Waals surface area contributed by atoms with Gasteiger partial charge in [0, 0.05) is 30.4 Å². The van der Waals surface area contributed by atoms with E-state index in [0.29, 0.717) is 17.8 Å². The zero-order valence-corrected chi connectivity index (χ0v) is 14.9. The lowest BCUT2D eigenvalue weighted by atomic mass is 9.88. The monoisotopic (exact) mass is 348 g/mol. The maximum Gasteiger partial charge on any atom is 0.421 e. The zero-order valence-electron chi connectivity index (χ0n) is 14.9. The van der Waals surface area contributed by atoms with Gasteiger partial charge in [0.15, 0.2) is 5.60 Å². The summed E-state index contributed by atoms with van der Waals surface area (Å²) in [6.45, 7) is 7.44. The number of benzene rings is 1. The van der Waals surface area contributed by atoms with E-state index < -0.39 is 18.2 Å². The van der Waals surface area contributed by atoms with Gasteiger partial charge in [-0.25, -0.2) is 0 Å². The van der Waals surface area contributed by atoms with Crippen molar-refractivity contribution in [1.82, 2.24) is 4.90 Å². The molecule has 1 aromatic carbocycles. The number of hydrogen-bond donors (Lipinski definition) is 2. The Labute approximate surface area is 141 Å². The Bertz CT molecular complexity index is 549. The maximum atomic E-state index is 13.3. The van der Waals surface area contributed by atoms with E-state index in [4.69, 9.17) is 4.74 Å². The van der Waals surface area contributed by atoms with E-state index in [1.807, 2.05) is 14.0 Å². The maximum absolute atomic E-state index is 13.3. The van der Waals surface area contributed by atoms with Gasteiger partial charge in [0.05, 0.1) is 7.11 Å². The summed E-state index contributed by atoms with van der Waals surface area (Å²) in [5.41, 5.74) is -1.86. The Balaban J connectivity index is 3.16. The highest BCUT2D eigenvalue weighted by molar-refractivity contribution is 5.59. The average molecular weight is 348 g/mol. The highest BCUT2D eigenvalue weighted by atomic mass is 19.4. The first kappa shape index (κ1) is 20.6. The molecule has 0 amide bonds. The molecule has 0 radical (unpaired) electrons. The number of likely N-dealkylation sites (N-methyl/N-ethyl adjacent to an activating group) is 1. The first-order valence-electron chi connectivity index (χ1n) is 8.01. The topological polar surface area (TPSA) is 44.7 Å². The molecule has 0 heterocycles. The Morgan fingerprint density at radius 2 is 1.88 bits per heavy atom. The molecule has 1 rings (SSSR count). The van der Waals surface area contributed by atoms with Gasteiger partial charge in [0.2, 0.25) is 0 Å². The fraction of sp³-hybridized carbons (Fsp3) is 0.647. The van der Waals surface area contributed by atoms with Crippen LogP contribution < -0.4 is 10.1 Å². The van der Waals surface area contributed by atoms with E-state index in [-0.39, 0.29) is 11.3 Å². The molecule has 0 spiro atoms. The first-order chi connectivity index (χ1) is 11.1. The molecule has 0 aliphatic carbocycles. The molecule has 2 N–H and O–H groups in total. The van der Waals surface area contributed by atoms with Crippen LogP contribution >= 0.6 is 0 Å². The Hall–Kier alpha value is -1.47. The number of alkyl halides is 3. The highest BCUT2D eigenvalue weighted by Gasteiger charge is 2.55. The van der Waals surface area contributed by atoms with Crippen LogP contribution in [-0.4, -0.2) is 50.0 Å². The van der Waals surface area contributed by atoms with Crippen molar-refractivity contribution in [2.75, 3.05) is 39.1 Å². The minimum absolute atomic E-state index is 0.0219. The van der Waals surface area contributed by atoms with Crippen LogP contribution in [0.3, 0.4) is 0 Å². The number of aryl methyl sites for hydroxylation is 1. The standard InChI is InChI=1S/C17H27F3N2O2/c1-6-16(23,17(18,19)20)13-10-12(3)14(11-15(13)24-5)21-8-9-22(4)7-2/h10-11,21,23H,6-9H2,1-5H3. The van der Waals surface area contributed by atoms with Gasteiger partial charge in [-0.1, -0.05) is 13.8 Å². The number of hydrogen-bond acceptors (Lipinski definition) is 4. The van der Waals surface area contributed by atoms with Gasteiger partial charge in [-0.2, -0.15) is 13.2 Å². The van der Waals surface area contributed by atoms with Gasteiger partial charge in [0.25, 0.3) is 0 Å². The van der Waals surface area contributed by atoms with E-state index in [2.05, 4.69) is 10.2 Å². The van der Waals surface area contributed by atoms with E-state index >= 15 is 0 Å². The fourth-order valence-electron chi connectivity index (χ4n) is 2.45. The van der Waals surface area contributed by atoms with Crippen LogP contribution in [0.2, 0.25) is 0 Å². The van der Waals surface area contributed by atoms with Gasteiger partial charge in [-0.15, -0.1) is 0 Å². The van der Waals surface area contributed by atoms with Crippen LogP contribution in [0.1, 0.15) is 31.4 Å². The van der Waals surface area contributed by atoms with E-state index in [1.165, 1.54) is 26.2 Å². The molecule has 4 nitrogen and oxygen atoms in total. The molecule has 0 saturated carbocycles. The van der Waals surface area contributed by atoms with Crippen LogP contribution in [0.4, 0.5) is 18.9 Å². The number of nitrogens with zero attached hydrogens (tertiary/aromatic N) is 1. The summed E-state index contributed by atoms with van der Waals surface area (Å²) in [7, 11) is 3.29. The third-order valence-corrected chi connectivity index (χ3v) is 4.32. The van der Waals surface area contributed by atoms with Gasteiger partial charge in [-0.05, 0) is 38.6 Å². The second kappa shape index (κ2) is 8.07. The van der Waals surface area contributed by atoms with Crippen molar-refractivity contribution >= 4 is 5.69 Å². The number of anilines is 1. The summed E-state index contributed by atoms with van der Waals surface area (Å²) < 4.78 is 45.2. The predicted octanol–water partition coefficient (Wildman–Crippen LogP) is 3.53. The van der Waals surface area contributed by atoms with E-state index in [1.54, 1.807) is 6.92 Å². The van der Waals surface area contributed by atoms with E-state index in [0.717, 1.165) is 13.1 Å².